The van der Waals surface area contributed by atoms with Gasteiger partial charge in [-0.25, -0.2) is 0 Å². The zero-order valence-electron chi connectivity index (χ0n) is 16.5. The van der Waals surface area contributed by atoms with Gasteiger partial charge in [0.05, 0.1) is 17.4 Å². The lowest BCUT2D eigenvalue weighted by Gasteiger charge is -2.15. The lowest BCUT2D eigenvalue weighted by molar-refractivity contribution is 0.0958. The molecule has 2 aromatic carbocycles. The van der Waals surface area contributed by atoms with E-state index in [1.807, 2.05) is 43.3 Å². The first-order chi connectivity index (χ1) is 14.0. The predicted octanol–water partition coefficient (Wildman–Crippen LogP) is 2.94. The highest BCUT2D eigenvalue weighted by Gasteiger charge is 2.36. The molecule has 7 heteroatoms. The number of hydrogen-bond donors (Lipinski definition) is 2. The number of aryl methyl sites for hydroxylation is 1. The Kier molecular flexibility index (Phi) is 4.80. The van der Waals surface area contributed by atoms with Gasteiger partial charge in [0.15, 0.2) is 0 Å². The molecule has 7 nitrogen and oxygen atoms in total. The fraction of sp³-hybridized carbons (Fsp3) is 0.227. The Bertz CT molecular complexity index is 1070. The molecule has 148 valence electrons. The van der Waals surface area contributed by atoms with Gasteiger partial charge in [-0.2, -0.15) is 5.10 Å². The van der Waals surface area contributed by atoms with Gasteiger partial charge >= 0.3 is 0 Å². The molecule has 0 fully saturated rings. The molecule has 1 aliphatic rings. The first-order valence-electron chi connectivity index (χ1n) is 9.39. The van der Waals surface area contributed by atoms with E-state index in [-0.39, 0.29) is 23.8 Å². The number of nitrogens with one attached hydrogen (secondary N) is 2. The summed E-state index contributed by atoms with van der Waals surface area (Å²) < 4.78 is 7.68. The first-order valence-corrected chi connectivity index (χ1v) is 9.39. The smallest absolute Gasteiger partial charge is 0.255 e. The number of ether oxygens (including phenoxy) is 1. The van der Waals surface area contributed by atoms with Crippen LogP contribution in [0, 0.1) is 0 Å². The molecular weight excluding hydrogens is 368 g/mol. The molecule has 2 N–H and O–H groups in total. The molecule has 29 heavy (non-hydrogen) atoms. The molecule has 0 saturated heterocycles. The number of fused-ring (bicyclic) bond motifs is 1. The third-order valence-electron chi connectivity index (χ3n) is 5.08. The van der Waals surface area contributed by atoms with Crippen molar-refractivity contribution in [3.05, 3.63) is 77.1 Å². The molecule has 4 rings (SSSR count). The van der Waals surface area contributed by atoms with Crippen LogP contribution in [0.5, 0.6) is 5.75 Å². The van der Waals surface area contributed by atoms with Crippen molar-refractivity contribution >= 4 is 17.5 Å². The van der Waals surface area contributed by atoms with Crippen LogP contribution in [0.3, 0.4) is 0 Å². The average molecular weight is 390 g/mol. The summed E-state index contributed by atoms with van der Waals surface area (Å²) in [7, 11) is 3.34. The summed E-state index contributed by atoms with van der Waals surface area (Å²) in [6.45, 7) is 1.97. The molecule has 0 aliphatic carbocycles. The summed E-state index contributed by atoms with van der Waals surface area (Å²) in [5.41, 5.74) is 3.24. The largest absolute Gasteiger partial charge is 0.489 e. The molecule has 0 spiro atoms. The number of carbonyl (C=O) groups excluding carboxylic acids is 2. The molecule has 2 amide bonds. The third-order valence-corrected chi connectivity index (χ3v) is 5.08. The van der Waals surface area contributed by atoms with Crippen LogP contribution in [-0.2, 0) is 7.05 Å². The lowest BCUT2D eigenvalue weighted by Crippen LogP contribution is -2.20. The van der Waals surface area contributed by atoms with Crippen LogP contribution < -0.4 is 15.4 Å². The highest BCUT2D eigenvalue weighted by molar-refractivity contribution is 6.07. The van der Waals surface area contributed by atoms with E-state index in [9.17, 15) is 9.59 Å². The Morgan fingerprint density at radius 1 is 1.14 bits per heavy atom. The fourth-order valence-corrected chi connectivity index (χ4v) is 3.76. The van der Waals surface area contributed by atoms with Crippen molar-refractivity contribution in [1.82, 2.24) is 15.1 Å². The number of rotatable bonds is 4. The maximum atomic E-state index is 12.9. The maximum absolute atomic E-state index is 12.9. The van der Waals surface area contributed by atoms with E-state index in [2.05, 4.69) is 15.7 Å². The molecule has 2 atom stereocenters. The standard InChI is InChI=1S/C22H22N4O3/c1-13-19(14-7-5-4-6-8-14)17-9-15(10-18(20(17)29-13)22(28)23-2)21(27)25-16-11-24-26(3)12-16/h4-13,19H,1-3H3,(H,23,28)(H,25,27)/t13-,19+/m0/s1. The minimum absolute atomic E-state index is 0.0688. The molecule has 0 unspecified atom stereocenters. The second kappa shape index (κ2) is 7.43. The molecule has 1 aromatic heterocycles. The van der Waals surface area contributed by atoms with Crippen molar-refractivity contribution in [2.45, 2.75) is 18.9 Å². The number of nitrogens with zero attached hydrogens (tertiary/aromatic N) is 2. The lowest BCUT2D eigenvalue weighted by atomic mass is 9.87. The molecular formula is C22H22N4O3. The van der Waals surface area contributed by atoms with Gasteiger partial charge in [-0.15, -0.1) is 0 Å². The van der Waals surface area contributed by atoms with Gasteiger partial charge < -0.3 is 15.4 Å². The van der Waals surface area contributed by atoms with E-state index in [4.69, 9.17) is 4.74 Å². The van der Waals surface area contributed by atoms with E-state index >= 15 is 0 Å². The van der Waals surface area contributed by atoms with Gasteiger partial charge in [-0.1, -0.05) is 30.3 Å². The number of carbonyl (C=O) groups is 2. The van der Waals surface area contributed by atoms with E-state index < -0.39 is 0 Å². The van der Waals surface area contributed by atoms with Crippen LogP contribution in [0.15, 0.2) is 54.9 Å². The molecule has 1 aliphatic heterocycles. The first kappa shape index (κ1) is 18.7. The van der Waals surface area contributed by atoms with E-state index in [0.717, 1.165) is 11.1 Å². The molecule has 3 aromatic rings. The van der Waals surface area contributed by atoms with Gasteiger partial charge in [0.25, 0.3) is 11.8 Å². The highest BCUT2D eigenvalue weighted by Crippen LogP contribution is 2.44. The maximum Gasteiger partial charge on any atom is 0.255 e. The van der Waals surface area contributed by atoms with Crippen LogP contribution in [0.1, 0.15) is 44.7 Å². The van der Waals surface area contributed by atoms with Crippen molar-refractivity contribution in [3.63, 3.8) is 0 Å². The Labute approximate surface area is 168 Å². The van der Waals surface area contributed by atoms with Gasteiger partial charge in [0, 0.05) is 37.3 Å². The summed E-state index contributed by atoms with van der Waals surface area (Å²) in [5, 5.41) is 9.52. The van der Waals surface area contributed by atoms with Crippen molar-refractivity contribution in [3.8, 4) is 5.75 Å². The van der Waals surface area contributed by atoms with E-state index in [1.165, 1.54) is 0 Å². The van der Waals surface area contributed by atoms with Gasteiger partial charge in [0.2, 0.25) is 0 Å². The molecule has 0 bridgehead atoms. The Morgan fingerprint density at radius 2 is 1.90 bits per heavy atom. The van der Waals surface area contributed by atoms with Crippen LogP contribution in [0.2, 0.25) is 0 Å². The number of aromatic nitrogens is 2. The van der Waals surface area contributed by atoms with E-state index in [0.29, 0.717) is 22.6 Å². The summed E-state index contributed by atoms with van der Waals surface area (Å²) >= 11 is 0. The normalized spacial score (nSPS) is 17.3. The van der Waals surface area contributed by atoms with Crippen LogP contribution in [0.4, 0.5) is 5.69 Å². The molecule has 2 heterocycles. The highest BCUT2D eigenvalue weighted by atomic mass is 16.5. The monoisotopic (exact) mass is 390 g/mol. The quantitative estimate of drug-likeness (QED) is 0.717. The minimum Gasteiger partial charge on any atom is -0.489 e. The summed E-state index contributed by atoms with van der Waals surface area (Å²) in [6.07, 6.45) is 3.12. The second-order valence-electron chi connectivity index (χ2n) is 7.09. The van der Waals surface area contributed by atoms with E-state index in [1.54, 1.807) is 37.2 Å². The third kappa shape index (κ3) is 3.47. The SMILES string of the molecule is CNC(=O)c1cc(C(=O)Nc2cnn(C)c2)cc2c1O[C@@H](C)[C@@H]2c1ccccc1. The van der Waals surface area contributed by atoms with Crippen molar-refractivity contribution in [1.29, 1.82) is 0 Å². The fourth-order valence-electron chi connectivity index (χ4n) is 3.76. The van der Waals surface area contributed by atoms with Crippen molar-refractivity contribution in [2.24, 2.45) is 7.05 Å². The Balaban J connectivity index is 1.79. The van der Waals surface area contributed by atoms with Gasteiger partial charge in [-0.3, -0.25) is 14.3 Å². The molecule has 0 radical (unpaired) electrons. The summed E-state index contributed by atoms with van der Waals surface area (Å²) in [6, 6.07) is 13.3. The van der Waals surface area contributed by atoms with Crippen molar-refractivity contribution < 1.29 is 14.3 Å². The van der Waals surface area contributed by atoms with Gasteiger partial charge in [-0.05, 0) is 24.6 Å². The number of benzene rings is 2. The van der Waals surface area contributed by atoms with Crippen LogP contribution >= 0.6 is 0 Å². The minimum atomic E-state index is -0.308. The second-order valence-corrected chi connectivity index (χ2v) is 7.09. The summed E-state index contributed by atoms with van der Waals surface area (Å²) in [4.78, 5) is 25.4. The topological polar surface area (TPSA) is 85.3 Å². The number of amides is 2. The zero-order chi connectivity index (χ0) is 20.5. The van der Waals surface area contributed by atoms with Crippen LogP contribution in [0.25, 0.3) is 0 Å². The number of anilines is 1. The van der Waals surface area contributed by atoms with Crippen LogP contribution in [-0.4, -0.2) is 34.7 Å². The predicted molar refractivity (Wildman–Crippen MR) is 109 cm³/mol. The Morgan fingerprint density at radius 3 is 2.55 bits per heavy atom. The number of hydrogen-bond acceptors (Lipinski definition) is 4. The zero-order valence-corrected chi connectivity index (χ0v) is 16.5. The Hall–Kier alpha value is -3.61. The molecule has 0 saturated carbocycles. The summed E-state index contributed by atoms with van der Waals surface area (Å²) in [5.74, 6) is -0.139. The average Bonchev–Trinajstić information content (AvgIpc) is 3.28. The van der Waals surface area contributed by atoms with Crippen molar-refractivity contribution in [2.75, 3.05) is 12.4 Å². The van der Waals surface area contributed by atoms with Gasteiger partial charge in [0.1, 0.15) is 11.9 Å².